The van der Waals surface area contributed by atoms with E-state index in [4.69, 9.17) is 38.7 Å². The van der Waals surface area contributed by atoms with Gasteiger partial charge in [0.15, 0.2) is 17.5 Å². The summed E-state index contributed by atoms with van der Waals surface area (Å²) in [5.74, 6) is 2.31. The van der Waals surface area contributed by atoms with Crippen molar-refractivity contribution in [2.75, 3.05) is 0 Å². The lowest BCUT2D eigenvalue weighted by Gasteiger charge is -2.13. The van der Waals surface area contributed by atoms with E-state index in [1.165, 1.54) is 97.7 Å². The Morgan fingerprint density at radius 2 is 0.566 bits per heavy atom. The SMILES string of the molecule is c1ccc(-c2cc3sc4nc(-c5cccnc5)c(-n5c6ccccc6c6cc7ccccc7cc65)nc4c3cc2-c2ccccc2)cc1.c1ccc(-c2nc3c(nc2-n2c4ccccc4c4cc5ccccc5cc42)oc2cc(-c4cccnc4)ccc23)cc1.c1ccc(-c2nc3oc4cc(-c5ccc6ccccc6c5)ccc4c3nc2-n2c3ccccc3c3cc4ccccc4cc32)cc1. The molecule has 0 aliphatic rings. The van der Waals surface area contributed by atoms with Crippen LogP contribution in [-0.4, -0.2) is 53.6 Å². The monoisotopic (exact) mass is 1760 g/mol. The van der Waals surface area contributed by atoms with Gasteiger partial charge in [-0.05, 0) is 197 Å². The van der Waals surface area contributed by atoms with Gasteiger partial charge in [-0.1, -0.05) is 303 Å². The van der Waals surface area contributed by atoms with E-state index in [-0.39, 0.29) is 0 Å². The average molecular weight is 1760 g/mol. The van der Waals surface area contributed by atoms with Crippen molar-refractivity contribution >= 4 is 185 Å². The van der Waals surface area contributed by atoms with Crippen LogP contribution in [0.5, 0.6) is 0 Å². The van der Waals surface area contributed by atoms with Gasteiger partial charge in [0.1, 0.15) is 49.6 Å². The van der Waals surface area contributed by atoms with Crippen molar-refractivity contribution in [2.45, 2.75) is 0 Å². The molecule has 0 radical (unpaired) electrons. The van der Waals surface area contributed by atoms with Crippen molar-refractivity contribution in [1.82, 2.24) is 53.6 Å². The Kier molecular flexibility index (Phi) is 18.2. The lowest BCUT2D eigenvalue weighted by molar-refractivity contribution is 0.652. The maximum absolute atomic E-state index is 6.49. The minimum Gasteiger partial charge on any atom is -0.436 e. The quantitative estimate of drug-likeness (QED) is 0.130. The highest BCUT2D eigenvalue weighted by Gasteiger charge is 2.28. The molecule has 11 heterocycles. The molecule has 0 aliphatic heterocycles. The third-order valence-electron chi connectivity index (χ3n) is 26.5. The first-order valence-corrected chi connectivity index (χ1v) is 46.3. The smallest absolute Gasteiger partial charge is 0.248 e. The minimum atomic E-state index is 0.509. The van der Waals surface area contributed by atoms with Gasteiger partial charge < -0.3 is 8.83 Å². The van der Waals surface area contributed by atoms with Gasteiger partial charge in [-0.3, -0.25) is 23.7 Å². The molecule has 13 nitrogen and oxygen atoms in total. The van der Waals surface area contributed by atoms with Gasteiger partial charge in [0, 0.05) is 100 Å². The molecule has 29 rings (SSSR count). The number of para-hydroxylation sites is 3. The zero-order valence-electron chi connectivity index (χ0n) is 72.8. The lowest BCUT2D eigenvalue weighted by Crippen LogP contribution is -2.03. The first-order chi connectivity index (χ1) is 67.4. The number of thiophene rings is 1. The summed E-state index contributed by atoms with van der Waals surface area (Å²) in [7, 11) is 0. The zero-order chi connectivity index (χ0) is 89.4. The third-order valence-corrected chi connectivity index (χ3v) is 27.6. The van der Waals surface area contributed by atoms with Crippen LogP contribution in [0.15, 0.2) is 452 Å². The minimum absolute atomic E-state index is 0.509. The maximum Gasteiger partial charge on any atom is 0.248 e. The number of furan rings is 2. The molecule has 634 valence electrons. The van der Waals surface area contributed by atoms with E-state index in [1.54, 1.807) is 23.7 Å². The van der Waals surface area contributed by atoms with E-state index < -0.39 is 0 Å². The van der Waals surface area contributed by atoms with Crippen LogP contribution in [-0.2, 0) is 0 Å². The lowest BCUT2D eigenvalue weighted by atomic mass is 9.93. The molecule has 0 atom stereocenters. The second kappa shape index (κ2) is 31.8. The summed E-state index contributed by atoms with van der Waals surface area (Å²) in [6.45, 7) is 0. The second-order valence-electron chi connectivity index (χ2n) is 34.5. The fourth-order valence-electron chi connectivity index (χ4n) is 20.1. The fraction of sp³-hybridized carbons (Fsp3) is 0. The molecule has 0 aliphatic carbocycles. The Morgan fingerprint density at radius 3 is 1.05 bits per heavy atom. The fourth-order valence-corrected chi connectivity index (χ4v) is 21.1. The molecule has 29 aromatic rings. The molecule has 14 heteroatoms. The molecule has 18 aromatic carbocycles. The topological polar surface area (TPSA) is 144 Å². The van der Waals surface area contributed by atoms with Crippen molar-refractivity contribution in [1.29, 1.82) is 0 Å². The number of hydrogen-bond acceptors (Lipinski definition) is 11. The summed E-state index contributed by atoms with van der Waals surface area (Å²) in [5, 5.41) is 19.7. The van der Waals surface area contributed by atoms with Gasteiger partial charge in [0.25, 0.3) is 0 Å². The maximum atomic E-state index is 6.49. The van der Waals surface area contributed by atoms with Crippen molar-refractivity contribution < 1.29 is 8.83 Å². The molecule has 0 spiro atoms. The predicted molar refractivity (Wildman–Crippen MR) is 560 cm³/mol. The van der Waals surface area contributed by atoms with E-state index in [9.17, 15) is 0 Å². The number of nitrogens with zero attached hydrogens (tertiary/aromatic N) is 11. The summed E-state index contributed by atoms with van der Waals surface area (Å²) in [6, 6.07) is 147. The van der Waals surface area contributed by atoms with Gasteiger partial charge in [-0.25, -0.2) is 24.9 Å². The summed E-state index contributed by atoms with van der Waals surface area (Å²) < 4.78 is 20.9. The number of rotatable bonds is 10. The highest BCUT2D eigenvalue weighted by Crippen LogP contribution is 2.48. The van der Waals surface area contributed by atoms with Crippen molar-refractivity contribution in [3.63, 3.8) is 0 Å². The van der Waals surface area contributed by atoms with Crippen molar-refractivity contribution in [2.24, 2.45) is 0 Å². The zero-order valence-corrected chi connectivity index (χ0v) is 73.6. The molecular weight excluding hydrogens is 1680 g/mol. The molecule has 0 N–H and O–H groups in total. The van der Waals surface area contributed by atoms with Crippen LogP contribution >= 0.6 is 11.3 Å². The molecule has 0 bridgehead atoms. The van der Waals surface area contributed by atoms with Gasteiger partial charge in [-0.2, -0.15) is 4.98 Å². The molecule has 11 aromatic heterocycles. The molecule has 0 unspecified atom stereocenters. The van der Waals surface area contributed by atoms with Crippen LogP contribution in [0.4, 0.5) is 0 Å². The summed E-state index contributed by atoms with van der Waals surface area (Å²) in [4.78, 5) is 41.8. The van der Waals surface area contributed by atoms with Crippen LogP contribution in [0.3, 0.4) is 0 Å². The van der Waals surface area contributed by atoms with E-state index in [1.807, 2.05) is 73.1 Å². The predicted octanol–water partition coefficient (Wildman–Crippen LogP) is 32.0. The van der Waals surface area contributed by atoms with E-state index in [0.717, 1.165) is 160 Å². The van der Waals surface area contributed by atoms with Gasteiger partial charge in [0.05, 0.1) is 33.1 Å². The molecule has 0 fully saturated rings. The van der Waals surface area contributed by atoms with Gasteiger partial charge in [-0.15, -0.1) is 11.3 Å². The van der Waals surface area contributed by atoms with E-state index >= 15 is 0 Å². The summed E-state index contributed by atoms with van der Waals surface area (Å²) in [6.07, 6.45) is 7.33. The van der Waals surface area contributed by atoms with Crippen LogP contribution in [0, 0.1) is 0 Å². The Morgan fingerprint density at radius 1 is 0.206 bits per heavy atom. The summed E-state index contributed by atoms with van der Waals surface area (Å²) in [5.41, 5.74) is 25.8. The molecule has 0 saturated carbocycles. The number of benzene rings is 18. The molecular formula is C122H73N11O2S. The van der Waals surface area contributed by atoms with Crippen LogP contribution in [0.2, 0.25) is 0 Å². The molecule has 0 amide bonds. The Labute approximate surface area is 780 Å². The highest BCUT2D eigenvalue weighted by molar-refractivity contribution is 7.25. The van der Waals surface area contributed by atoms with Gasteiger partial charge >= 0.3 is 0 Å². The Bertz CT molecular complexity index is 9880. The number of fused-ring (bicyclic) bond motifs is 22. The molecule has 136 heavy (non-hydrogen) atoms. The number of pyridine rings is 2. The van der Waals surface area contributed by atoms with E-state index in [0.29, 0.717) is 11.4 Å². The van der Waals surface area contributed by atoms with E-state index in [2.05, 4.69) is 382 Å². The number of aromatic nitrogens is 11. The van der Waals surface area contributed by atoms with Crippen LogP contribution in [0.1, 0.15) is 0 Å². The van der Waals surface area contributed by atoms with Gasteiger partial charge in [0.2, 0.25) is 11.4 Å². The van der Waals surface area contributed by atoms with Crippen molar-refractivity contribution in [3.05, 3.63) is 443 Å². The largest absolute Gasteiger partial charge is 0.436 e. The second-order valence-corrected chi connectivity index (χ2v) is 35.5. The third kappa shape index (κ3) is 13.1. The first kappa shape index (κ1) is 77.7. The van der Waals surface area contributed by atoms with Crippen LogP contribution in [0.25, 0.3) is 269 Å². The standard InChI is InChI=1S/C43H26N4S.C42H25N3O.C37H22N4O/c1-3-12-27(13-4-1)33-24-36-39(25-34(33)28-14-5-2-6-15-28)48-43-41(36)45-42(40(46-43)31-18-11-21-44-26-31)47-37-20-10-9-19-32(37)35-22-29-16-7-8-17-30(29)23-38(35)47;1-2-11-27(12-3-1)39-41(45-36-17-9-8-16-33(36)35-23-29-14-6-7-15-30(29)24-37(35)45)43-40-34-21-20-32(25-38(34)46-42(40)44-39)31-19-18-26-10-4-5-13-28(26)22-31;1-2-9-23(10-3-1)34-36(40-37-35(39-34)29-17-16-26(21-33(29)42-37)27-13-8-18-38-22-27)41-31-15-7-6-14-28(31)30-19-24-11-4-5-12-25(24)20-32(30)41/h1-26H;1-25H;1-22H. The molecule has 0 saturated heterocycles. The highest BCUT2D eigenvalue weighted by atomic mass is 32.1. The van der Waals surface area contributed by atoms with Crippen LogP contribution < -0.4 is 0 Å². The summed E-state index contributed by atoms with van der Waals surface area (Å²) >= 11 is 1.70. The van der Waals surface area contributed by atoms with Crippen molar-refractivity contribution in [3.8, 4) is 95.7 Å². The Balaban J connectivity index is 0.000000104. The average Bonchev–Trinajstić information content (AvgIpc) is 1.56. The number of hydrogen-bond donors (Lipinski definition) is 0. The normalized spacial score (nSPS) is 11.8. The Hall–Kier alpha value is -18.2. The first-order valence-electron chi connectivity index (χ1n) is 45.5.